The smallest absolute Gasteiger partial charge is 0.144 e. The lowest BCUT2D eigenvalue weighted by Gasteiger charge is -2.20. The van der Waals surface area contributed by atoms with Crippen molar-refractivity contribution in [1.82, 2.24) is 0 Å². The molecular weight excluding hydrogens is 228 g/mol. The van der Waals surface area contributed by atoms with E-state index in [1.54, 1.807) is 0 Å². The van der Waals surface area contributed by atoms with E-state index >= 15 is 0 Å². The number of hydrogen-bond acceptors (Lipinski definition) is 4. The minimum Gasteiger partial charge on any atom is -0.491 e. The maximum absolute atomic E-state index is 9.17. The van der Waals surface area contributed by atoms with Gasteiger partial charge in [-0.1, -0.05) is 6.92 Å². The number of aliphatic hydroxyl groups excluding tert-OH is 1. The van der Waals surface area contributed by atoms with Crippen LogP contribution in [0.1, 0.15) is 19.8 Å². The first kappa shape index (κ1) is 13.0. The van der Waals surface area contributed by atoms with E-state index in [4.69, 9.17) is 10.5 Å². The molecule has 1 aliphatic heterocycles. The van der Waals surface area contributed by atoms with Gasteiger partial charge in [-0.25, -0.2) is 0 Å². The van der Waals surface area contributed by atoms with Gasteiger partial charge < -0.3 is 20.5 Å². The Morgan fingerprint density at radius 1 is 1.50 bits per heavy atom. The monoisotopic (exact) mass is 250 g/mol. The normalized spacial score (nSPS) is 19.2. The lowest BCUT2D eigenvalue weighted by atomic mass is 10.1. The van der Waals surface area contributed by atoms with Crippen molar-refractivity contribution in [1.29, 1.82) is 0 Å². The Morgan fingerprint density at radius 2 is 2.33 bits per heavy atom. The SMILES string of the molecule is CCCOc1cc(N2CCC(CO)C2)ccc1N. The first-order valence-corrected chi connectivity index (χ1v) is 6.62. The number of rotatable bonds is 5. The largest absolute Gasteiger partial charge is 0.491 e. The fraction of sp³-hybridized carbons (Fsp3) is 0.571. The fourth-order valence-electron chi connectivity index (χ4n) is 2.27. The molecule has 1 unspecified atom stereocenters. The molecule has 4 heteroatoms. The third kappa shape index (κ3) is 2.88. The van der Waals surface area contributed by atoms with Gasteiger partial charge in [-0.15, -0.1) is 0 Å². The molecule has 1 aromatic rings. The number of nitrogens with zero attached hydrogens (tertiary/aromatic N) is 1. The fourth-order valence-corrected chi connectivity index (χ4v) is 2.27. The summed E-state index contributed by atoms with van der Waals surface area (Å²) in [4.78, 5) is 2.28. The second-order valence-corrected chi connectivity index (χ2v) is 4.85. The molecule has 1 heterocycles. The molecule has 100 valence electrons. The minimum atomic E-state index is 0.269. The minimum absolute atomic E-state index is 0.269. The van der Waals surface area contributed by atoms with Crippen LogP contribution in [0, 0.1) is 5.92 Å². The van der Waals surface area contributed by atoms with Gasteiger partial charge in [-0.3, -0.25) is 0 Å². The second kappa shape index (κ2) is 5.96. The summed E-state index contributed by atoms with van der Waals surface area (Å²) in [6.07, 6.45) is 2.02. The Balaban J connectivity index is 2.09. The quantitative estimate of drug-likeness (QED) is 0.783. The van der Waals surface area contributed by atoms with Crippen molar-refractivity contribution in [3.05, 3.63) is 18.2 Å². The standard InChI is InChI=1S/C14H22N2O2/c1-2-7-18-14-8-12(3-4-13(14)15)16-6-5-11(9-16)10-17/h3-4,8,11,17H,2,5-7,9-10,15H2,1H3. The second-order valence-electron chi connectivity index (χ2n) is 4.85. The molecule has 0 radical (unpaired) electrons. The van der Waals surface area contributed by atoms with Crippen molar-refractivity contribution in [3.63, 3.8) is 0 Å². The molecule has 0 saturated carbocycles. The molecule has 1 aliphatic rings. The number of nitrogen functional groups attached to an aromatic ring is 1. The van der Waals surface area contributed by atoms with Crippen LogP contribution in [0.4, 0.5) is 11.4 Å². The highest BCUT2D eigenvalue weighted by Gasteiger charge is 2.22. The molecule has 1 saturated heterocycles. The molecule has 18 heavy (non-hydrogen) atoms. The molecule has 1 fully saturated rings. The highest BCUT2D eigenvalue weighted by Crippen LogP contribution is 2.30. The first-order valence-electron chi connectivity index (χ1n) is 6.62. The van der Waals surface area contributed by atoms with Crippen molar-refractivity contribution < 1.29 is 9.84 Å². The van der Waals surface area contributed by atoms with Gasteiger partial charge in [0.05, 0.1) is 12.3 Å². The predicted octanol–water partition coefficient (Wildman–Crippen LogP) is 1.88. The van der Waals surface area contributed by atoms with Crippen LogP contribution in [0.5, 0.6) is 5.75 Å². The van der Waals surface area contributed by atoms with Gasteiger partial charge in [0.2, 0.25) is 0 Å². The van der Waals surface area contributed by atoms with Crippen molar-refractivity contribution in [2.45, 2.75) is 19.8 Å². The molecular formula is C14H22N2O2. The summed E-state index contributed by atoms with van der Waals surface area (Å²) in [5.41, 5.74) is 7.71. The van der Waals surface area contributed by atoms with E-state index in [-0.39, 0.29) is 6.61 Å². The number of anilines is 2. The van der Waals surface area contributed by atoms with E-state index in [2.05, 4.69) is 11.8 Å². The average molecular weight is 250 g/mol. The number of nitrogens with two attached hydrogens (primary N) is 1. The van der Waals surface area contributed by atoms with Crippen molar-refractivity contribution >= 4 is 11.4 Å². The summed E-state index contributed by atoms with van der Waals surface area (Å²) in [7, 11) is 0. The van der Waals surface area contributed by atoms with Crippen LogP contribution < -0.4 is 15.4 Å². The topological polar surface area (TPSA) is 58.7 Å². The van der Waals surface area contributed by atoms with E-state index in [9.17, 15) is 5.11 Å². The number of hydrogen-bond donors (Lipinski definition) is 2. The van der Waals surface area contributed by atoms with Gasteiger partial charge in [0.1, 0.15) is 5.75 Å². The van der Waals surface area contributed by atoms with E-state index < -0.39 is 0 Å². The average Bonchev–Trinajstić information content (AvgIpc) is 2.86. The zero-order chi connectivity index (χ0) is 13.0. The lowest BCUT2D eigenvalue weighted by Crippen LogP contribution is -2.20. The molecule has 0 bridgehead atoms. The molecule has 3 N–H and O–H groups in total. The summed E-state index contributed by atoms with van der Waals surface area (Å²) in [5, 5.41) is 9.17. The molecule has 0 spiro atoms. The molecule has 0 aromatic heterocycles. The third-order valence-electron chi connectivity index (χ3n) is 3.37. The summed E-state index contributed by atoms with van der Waals surface area (Å²) in [5.74, 6) is 1.16. The maximum Gasteiger partial charge on any atom is 0.144 e. The van der Waals surface area contributed by atoms with Crippen LogP contribution in [0.3, 0.4) is 0 Å². The van der Waals surface area contributed by atoms with E-state index in [1.807, 2.05) is 18.2 Å². The van der Waals surface area contributed by atoms with E-state index in [0.29, 0.717) is 18.2 Å². The van der Waals surface area contributed by atoms with Gasteiger partial charge >= 0.3 is 0 Å². The zero-order valence-electron chi connectivity index (χ0n) is 10.9. The Morgan fingerprint density at radius 3 is 3.00 bits per heavy atom. The van der Waals surface area contributed by atoms with E-state index in [1.165, 1.54) is 0 Å². The molecule has 0 aliphatic carbocycles. The van der Waals surface area contributed by atoms with Gasteiger partial charge in [0, 0.05) is 37.4 Å². The number of ether oxygens (including phenoxy) is 1. The summed E-state index contributed by atoms with van der Waals surface area (Å²) in [6.45, 7) is 4.93. The molecule has 2 rings (SSSR count). The molecule has 4 nitrogen and oxygen atoms in total. The van der Waals surface area contributed by atoms with Crippen molar-refractivity contribution in [2.75, 3.05) is 36.9 Å². The predicted molar refractivity (Wildman–Crippen MR) is 74.0 cm³/mol. The van der Waals surface area contributed by atoms with Crippen LogP contribution in [0.2, 0.25) is 0 Å². The van der Waals surface area contributed by atoms with Crippen LogP contribution in [0.15, 0.2) is 18.2 Å². The van der Waals surface area contributed by atoms with Crippen LogP contribution in [-0.2, 0) is 0 Å². The van der Waals surface area contributed by atoms with Gasteiger partial charge in [-0.05, 0) is 25.0 Å². The summed E-state index contributed by atoms with van der Waals surface area (Å²) >= 11 is 0. The third-order valence-corrected chi connectivity index (χ3v) is 3.37. The summed E-state index contributed by atoms with van der Waals surface area (Å²) in [6, 6.07) is 5.92. The van der Waals surface area contributed by atoms with Gasteiger partial charge in [-0.2, -0.15) is 0 Å². The first-order chi connectivity index (χ1) is 8.74. The van der Waals surface area contributed by atoms with Crippen LogP contribution in [0.25, 0.3) is 0 Å². The zero-order valence-corrected chi connectivity index (χ0v) is 10.9. The van der Waals surface area contributed by atoms with Crippen molar-refractivity contribution in [3.8, 4) is 5.75 Å². The highest BCUT2D eigenvalue weighted by atomic mass is 16.5. The van der Waals surface area contributed by atoms with Gasteiger partial charge in [0.25, 0.3) is 0 Å². The summed E-state index contributed by atoms with van der Waals surface area (Å²) < 4.78 is 5.64. The molecule has 1 atom stereocenters. The Labute approximate surface area is 108 Å². The van der Waals surface area contributed by atoms with Gasteiger partial charge in [0.15, 0.2) is 0 Å². The Bertz CT molecular complexity index is 395. The molecule has 0 amide bonds. The lowest BCUT2D eigenvalue weighted by molar-refractivity contribution is 0.238. The highest BCUT2D eigenvalue weighted by molar-refractivity contribution is 5.62. The van der Waals surface area contributed by atoms with E-state index in [0.717, 1.165) is 37.4 Å². The van der Waals surface area contributed by atoms with Crippen LogP contribution in [-0.4, -0.2) is 31.4 Å². The maximum atomic E-state index is 9.17. The molecule has 1 aromatic carbocycles. The number of aliphatic hydroxyl groups is 1. The number of benzene rings is 1. The van der Waals surface area contributed by atoms with Crippen molar-refractivity contribution in [2.24, 2.45) is 5.92 Å². The Kier molecular flexibility index (Phi) is 4.31. The van der Waals surface area contributed by atoms with Crippen LogP contribution >= 0.6 is 0 Å². The Hall–Kier alpha value is -1.42.